The van der Waals surface area contributed by atoms with Crippen LogP contribution in [0.2, 0.25) is 0 Å². The number of amides is 1. The summed E-state index contributed by atoms with van der Waals surface area (Å²) in [4.78, 5) is 36.1. The Labute approximate surface area is 138 Å². The number of esters is 2. The fraction of sp³-hybridized carbons (Fsp3) is 0.533. The van der Waals surface area contributed by atoms with Crippen molar-refractivity contribution < 1.29 is 28.6 Å². The van der Waals surface area contributed by atoms with E-state index in [0.29, 0.717) is 10.6 Å². The number of ether oxygens (including phenoxy) is 3. The highest BCUT2D eigenvalue weighted by atomic mass is 32.1. The molecule has 23 heavy (non-hydrogen) atoms. The summed E-state index contributed by atoms with van der Waals surface area (Å²) in [6.45, 7) is 5.59. The van der Waals surface area contributed by atoms with Crippen LogP contribution >= 0.6 is 11.3 Å². The summed E-state index contributed by atoms with van der Waals surface area (Å²) in [7, 11) is 1.50. The van der Waals surface area contributed by atoms with Crippen LogP contribution in [0, 0.1) is 6.92 Å². The minimum absolute atomic E-state index is 0.109. The van der Waals surface area contributed by atoms with Gasteiger partial charge in [0.2, 0.25) is 5.91 Å². The minimum atomic E-state index is -0.580. The van der Waals surface area contributed by atoms with Crippen LogP contribution in [-0.4, -0.2) is 44.8 Å². The second kappa shape index (κ2) is 9.26. The van der Waals surface area contributed by atoms with Crippen molar-refractivity contribution in [2.75, 3.05) is 32.2 Å². The monoisotopic (exact) mass is 343 g/mol. The molecule has 1 rings (SSSR count). The highest BCUT2D eigenvalue weighted by molar-refractivity contribution is 7.18. The van der Waals surface area contributed by atoms with Crippen molar-refractivity contribution in [1.29, 1.82) is 0 Å². The van der Waals surface area contributed by atoms with Gasteiger partial charge in [0.1, 0.15) is 16.5 Å². The molecule has 0 radical (unpaired) electrons. The lowest BCUT2D eigenvalue weighted by Crippen LogP contribution is -2.13. The Morgan fingerprint density at radius 2 is 1.78 bits per heavy atom. The molecule has 1 heterocycles. The molecule has 7 nitrogen and oxygen atoms in total. The summed E-state index contributed by atoms with van der Waals surface area (Å²) < 4.78 is 14.9. The number of thiophene rings is 1. The Morgan fingerprint density at radius 1 is 1.09 bits per heavy atom. The molecule has 0 saturated heterocycles. The predicted octanol–water partition coefficient (Wildman–Crippen LogP) is 2.38. The third-order valence-corrected chi connectivity index (χ3v) is 4.09. The standard InChI is InChI=1S/C15H21NO6S/c1-5-10(17)16-13-11(14(18)21-6-2)9(3)12(23-13)15(19)22-8-7-20-4/h5-8H2,1-4H3,(H,16,17). The number of carbonyl (C=O) groups is 3. The second-order valence-electron chi connectivity index (χ2n) is 4.51. The summed E-state index contributed by atoms with van der Waals surface area (Å²) in [5.41, 5.74) is 0.625. The smallest absolute Gasteiger partial charge is 0.348 e. The van der Waals surface area contributed by atoms with Crippen LogP contribution in [-0.2, 0) is 19.0 Å². The first kappa shape index (κ1) is 19.1. The van der Waals surface area contributed by atoms with Gasteiger partial charge in [0, 0.05) is 13.5 Å². The highest BCUT2D eigenvalue weighted by Crippen LogP contribution is 2.34. The normalized spacial score (nSPS) is 10.3. The molecule has 0 aliphatic carbocycles. The van der Waals surface area contributed by atoms with Crippen molar-refractivity contribution in [3.05, 3.63) is 16.0 Å². The van der Waals surface area contributed by atoms with Crippen LogP contribution in [0.25, 0.3) is 0 Å². The molecule has 0 aliphatic heterocycles. The molecule has 0 unspecified atom stereocenters. The average Bonchev–Trinajstić information content (AvgIpc) is 2.84. The molecule has 1 aromatic heterocycles. The molecule has 0 saturated carbocycles. The second-order valence-corrected chi connectivity index (χ2v) is 5.53. The van der Waals surface area contributed by atoms with Crippen molar-refractivity contribution in [2.24, 2.45) is 0 Å². The van der Waals surface area contributed by atoms with Gasteiger partial charge < -0.3 is 19.5 Å². The van der Waals surface area contributed by atoms with E-state index in [4.69, 9.17) is 14.2 Å². The fourth-order valence-corrected chi connectivity index (χ4v) is 2.85. The zero-order chi connectivity index (χ0) is 17.4. The molecule has 1 N–H and O–H groups in total. The predicted molar refractivity (Wildman–Crippen MR) is 86.1 cm³/mol. The van der Waals surface area contributed by atoms with Gasteiger partial charge in [0.25, 0.3) is 0 Å². The van der Waals surface area contributed by atoms with E-state index >= 15 is 0 Å². The van der Waals surface area contributed by atoms with E-state index in [-0.39, 0.29) is 42.6 Å². The van der Waals surface area contributed by atoms with Crippen LogP contribution in [0.4, 0.5) is 5.00 Å². The first-order valence-electron chi connectivity index (χ1n) is 7.22. The lowest BCUT2D eigenvalue weighted by atomic mass is 10.1. The third-order valence-electron chi connectivity index (χ3n) is 2.91. The van der Waals surface area contributed by atoms with Gasteiger partial charge in [0.05, 0.1) is 18.8 Å². The average molecular weight is 343 g/mol. The Kier molecular flexibility index (Phi) is 7.70. The van der Waals surface area contributed by atoms with Gasteiger partial charge in [-0.1, -0.05) is 6.92 Å². The number of anilines is 1. The summed E-state index contributed by atoms with van der Waals surface area (Å²) in [5, 5.41) is 2.93. The molecule has 0 spiro atoms. The Morgan fingerprint density at radius 3 is 2.35 bits per heavy atom. The zero-order valence-corrected chi connectivity index (χ0v) is 14.5. The van der Waals surface area contributed by atoms with Gasteiger partial charge in [-0.15, -0.1) is 11.3 Å². The van der Waals surface area contributed by atoms with Crippen molar-refractivity contribution >= 4 is 34.2 Å². The number of methoxy groups -OCH3 is 1. The van der Waals surface area contributed by atoms with Crippen LogP contribution in [0.15, 0.2) is 0 Å². The molecule has 0 bridgehead atoms. The SMILES string of the molecule is CCOC(=O)c1c(NC(=O)CC)sc(C(=O)OCCOC)c1C. The lowest BCUT2D eigenvalue weighted by Gasteiger charge is -2.06. The summed E-state index contributed by atoms with van der Waals surface area (Å²) in [5.74, 6) is -1.40. The van der Waals surface area contributed by atoms with Gasteiger partial charge >= 0.3 is 11.9 Å². The fourth-order valence-electron chi connectivity index (χ4n) is 1.74. The third kappa shape index (κ3) is 5.04. The van der Waals surface area contributed by atoms with Crippen molar-refractivity contribution in [2.45, 2.75) is 27.2 Å². The van der Waals surface area contributed by atoms with Crippen LogP contribution in [0.3, 0.4) is 0 Å². The molecule has 0 aliphatic rings. The Bertz CT molecular complexity index is 581. The first-order chi connectivity index (χ1) is 11.0. The quantitative estimate of drug-likeness (QED) is 0.576. The van der Waals surface area contributed by atoms with E-state index in [1.807, 2.05) is 0 Å². The molecular weight excluding hydrogens is 322 g/mol. The molecule has 0 atom stereocenters. The first-order valence-corrected chi connectivity index (χ1v) is 8.04. The topological polar surface area (TPSA) is 90.9 Å². The van der Waals surface area contributed by atoms with Gasteiger partial charge in [-0.25, -0.2) is 9.59 Å². The van der Waals surface area contributed by atoms with E-state index < -0.39 is 11.9 Å². The maximum absolute atomic E-state index is 12.1. The maximum atomic E-state index is 12.1. The molecule has 1 amide bonds. The van der Waals surface area contributed by atoms with Crippen LogP contribution in [0.1, 0.15) is 45.9 Å². The number of carbonyl (C=O) groups excluding carboxylic acids is 3. The number of hydrogen-bond acceptors (Lipinski definition) is 7. The van der Waals surface area contributed by atoms with Crippen molar-refractivity contribution in [3.63, 3.8) is 0 Å². The highest BCUT2D eigenvalue weighted by Gasteiger charge is 2.27. The van der Waals surface area contributed by atoms with E-state index in [9.17, 15) is 14.4 Å². The number of rotatable bonds is 8. The summed E-state index contributed by atoms with van der Waals surface area (Å²) >= 11 is 1.00. The van der Waals surface area contributed by atoms with Gasteiger partial charge in [-0.05, 0) is 19.4 Å². The summed E-state index contributed by atoms with van der Waals surface area (Å²) in [6, 6.07) is 0. The van der Waals surface area contributed by atoms with E-state index in [0.717, 1.165) is 11.3 Å². The minimum Gasteiger partial charge on any atom is -0.462 e. The summed E-state index contributed by atoms with van der Waals surface area (Å²) in [6.07, 6.45) is 0.257. The van der Waals surface area contributed by atoms with E-state index in [1.165, 1.54) is 7.11 Å². The molecule has 8 heteroatoms. The zero-order valence-electron chi connectivity index (χ0n) is 13.7. The van der Waals surface area contributed by atoms with Gasteiger partial charge in [-0.2, -0.15) is 0 Å². The molecule has 1 aromatic rings. The molecule has 0 aromatic carbocycles. The largest absolute Gasteiger partial charge is 0.462 e. The van der Waals surface area contributed by atoms with E-state index in [1.54, 1.807) is 20.8 Å². The molecule has 0 fully saturated rings. The van der Waals surface area contributed by atoms with Crippen molar-refractivity contribution in [1.82, 2.24) is 0 Å². The Balaban J connectivity index is 3.12. The maximum Gasteiger partial charge on any atom is 0.348 e. The Hall–Kier alpha value is -1.93. The molecular formula is C15H21NO6S. The van der Waals surface area contributed by atoms with Gasteiger partial charge in [0.15, 0.2) is 0 Å². The van der Waals surface area contributed by atoms with Crippen molar-refractivity contribution in [3.8, 4) is 0 Å². The van der Waals surface area contributed by atoms with Crippen LogP contribution in [0.5, 0.6) is 0 Å². The lowest BCUT2D eigenvalue weighted by molar-refractivity contribution is -0.115. The van der Waals surface area contributed by atoms with Crippen LogP contribution < -0.4 is 5.32 Å². The number of nitrogens with one attached hydrogen (secondary N) is 1. The van der Waals surface area contributed by atoms with Gasteiger partial charge in [-0.3, -0.25) is 4.79 Å². The van der Waals surface area contributed by atoms with E-state index in [2.05, 4.69) is 5.32 Å². The number of hydrogen-bond donors (Lipinski definition) is 1. The molecule has 128 valence electrons.